The van der Waals surface area contributed by atoms with Gasteiger partial charge in [0.25, 0.3) is 0 Å². The number of hydrogen-bond acceptors (Lipinski definition) is 3. The summed E-state index contributed by atoms with van der Waals surface area (Å²) in [6.07, 6.45) is 1.26. The maximum absolute atomic E-state index is 5.80. The lowest BCUT2D eigenvalue weighted by atomic mass is 9.96. The molecule has 0 saturated carbocycles. The van der Waals surface area contributed by atoms with Crippen molar-refractivity contribution in [3.8, 4) is 0 Å². The Morgan fingerprint density at radius 3 is 2.43 bits per heavy atom. The molecule has 3 heteroatoms. The molecule has 0 aromatic rings. The van der Waals surface area contributed by atoms with Crippen molar-refractivity contribution in [2.45, 2.75) is 20.3 Å². The van der Waals surface area contributed by atoms with Gasteiger partial charge in [-0.2, -0.15) is 0 Å². The number of nitrogens with zero attached hydrogens (tertiary/aromatic N) is 1. The first kappa shape index (κ1) is 12.0. The van der Waals surface area contributed by atoms with Crippen LogP contribution in [-0.2, 0) is 0 Å². The number of piperazine rings is 1. The van der Waals surface area contributed by atoms with Crippen LogP contribution < -0.4 is 11.1 Å². The van der Waals surface area contributed by atoms with Gasteiger partial charge >= 0.3 is 0 Å². The van der Waals surface area contributed by atoms with E-state index in [0.29, 0.717) is 5.92 Å². The van der Waals surface area contributed by atoms with Crippen LogP contribution in [0.4, 0.5) is 0 Å². The minimum atomic E-state index is 0.688. The molecule has 0 aromatic heterocycles. The molecule has 84 valence electrons. The Labute approximate surface area is 88.0 Å². The van der Waals surface area contributed by atoms with E-state index in [1.807, 2.05) is 0 Å². The summed E-state index contributed by atoms with van der Waals surface area (Å²) in [5, 5.41) is 3.37. The Hall–Kier alpha value is -0.120. The molecule has 3 N–H and O–H groups in total. The van der Waals surface area contributed by atoms with E-state index >= 15 is 0 Å². The van der Waals surface area contributed by atoms with Crippen LogP contribution in [-0.4, -0.2) is 44.2 Å². The molecule has 0 aromatic carbocycles. The molecule has 3 nitrogen and oxygen atoms in total. The van der Waals surface area contributed by atoms with Gasteiger partial charge in [-0.1, -0.05) is 13.8 Å². The highest BCUT2D eigenvalue weighted by molar-refractivity contribution is 4.72. The van der Waals surface area contributed by atoms with E-state index < -0.39 is 0 Å². The van der Waals surface area contributed by atoms with Crippen LogP contribution in [0.1, 0.15) is 20.3 Å². The van der Waals surface area contributed by atoms with Crippen molar-refractivity contribution in [2.24, 2.45) is 17.6 Å². The number of nitrogens with two attached hydrogens (primary N) is 1. The van der Waals surface area contributed by atoms with Crippen molar-refractivity contribution in [1.29, 1.82) is 0 Å². The number of nitrogens with one attached hydrogen (secondary N) is 1. The number of rotatable bonds is 5. The van der Waals surface area contributed by atoms with Gasteiger partial charge in [-0.25, -0.2) is 0 Å². The predicted octanol–water partition coefficient (Wildman–Crippen LogP) is 0.513. The maximum atomic E-state index is 5.80. The average molecular weight is 199 g/mol. The Kier molecular flexibility index (Phi) is 5.45. The third-order valence-corrected chi connectivity index (χ3v) is 2.86. The molecule has 1 heterocycles. The predicted molar refractivity (Wildman–Crippen MR) is 61.3 cm³/mol. The summed E-state index contributed by atoms with van der Waals surface area (Å²) in [6.45, 7) is 11.2. The molecule has 1 fully saturated rings. The van der Waals surface area contributed by atoms with Gasteiger partial charge in [-0.05, 0) is 24.8 Å². The van der Waals surface area contributed by atoms with Crippen molar-refractivity contribution < 1.29 is 0 Å². The summed E-state index contributed by atoms with van der Waals surface area (Å²) >= 11 is 0. The van der Waals surface area contributed by atoms with Crippen LogP contribution >= 0.6 is 0 Å². The highest BCUT2D eigenvalue weighted by atomic mass is 15.2. The van der Waals surface area contributed by atoms with Gasteiger partial charge in [0.2, 0.25) is 0 Å². The minimum Gasteiger partial charge on any atom is -0.330 e. The van der Waals surface area contributed by atoms with E-state index in [9.17, 15) is 0 Å². The molecule has 0 radical (unpaired) electrons. The van der Waals surface area contributed by atoms with Gasteiger partial charge in [-0.3, -0.25) is 0 Å². The SMILES string of the molecule is CC(C)CC(CN)CN1CCNCC1. The molecule has 14 heavy (non-hydrogen) atoms. The van der Waals surface area contributed by atoms with Crippen molar-refractivity contribution in [1.82, 2.24) is 10.2 Å². The summed E-state index contributed by atoms with van der Waals surface area (Å²) in [6, 6.07) is 0. The second-order valence-electron chi connectivity index (χ2n) is 4.78. The Morgan fingerprint density at radius 1 is 1.29 bits per heavy atom. The van der Waals surface area contributed by atoms with Gasteiger partial charge in [0.15, 0.2) is 0 Å². The zero-order chi connectivity index (χ0) is 10.4. The molecule has 1 rings (SSSR count). The molecule has 1 atom stereocenters. The molecule has 1 aliphatic rings. The van der Waals surface area contributed by atoms with E-state index in [2.05, 4.69) is 24.1 Å². The van der Waals surface area contributed by atoms with E-state index in [-0.39, 0.29) is 0 Å². The molecule has 0 bridgehead atoms. The lowest BCUT2D eigenvalue weighted by Crippen LogP contribution is -2.46. The topological polar surface area (TPSA) is 41.3 Å². The van der Waals surface area contributed by atoms with Crippen molar-refractivity contribution in [2.75, 3.05) is 39.3 Å². The van der Waals surface area contributed by atoms with E-state index in [0.717, 1.165) is 25.6 Å². The van der Waals surface area contributed by atoms with Crippen LogP contribution in [0.3, 0.4) is 0 Å². The quantitative estimate of drug-likeness (QED) is 0.678. The molecule has 1 unspecified atom stereocenters. The first-order chi connectivity index (χ1) is 6.72. The zero-order valence-electron chi connectivity index (χ0n) is 9.63. The largest absolute Gasteiger partial charge is 0.330 e. The van der Waals surface area contributed by atoms with Gasteiger partial charge in [0.05, 0.1) is 0 Å². The van der Waals surface area contributed by atoms with E-state index in [1.54, 1.807) is 0 Å². The average Bonchev–Trinajstić information content (AvgIpc) is 2.17. The lowest BCUT2D eigenvalue weighted by molar-refractivity contribution is 0.195. The molecule has 1 saturated heterocycles. The third kappa shape index (κ3) is 4.40. The smallest absolute Gasteiger partial charge is 0.0107 e. The standard InChI is InChI=1S/C11H25N3/c1-10(2)7-11(8-12)9-14-5-3-13-4-6-14/h10-11,13H,3-9,12H2,1-2H3. The second kappa shape index (κ2) is 6.38. The first-order valence-corrected chi connectivity index (χ1v) is 5.85. The molecule has 0 amide bonds. The van der Waals surface area contributed by atoms with Crippen LogP contribution in [0, 0.1) is 11.8 Å². The lowest BCUT2D eigenvalue weighted by Gasteiger charge is -2.31. The van der Waals surface area contributed by atoms with Crippen LogP contribution in [0.25, 0.3) is 0 Å². The first-order valence-electron chi connectivity index (χ1n) is 5.85. The molecular formula is C11H25N3. The summed E-state index contributed by atoms with van der Waals surface area (Å²) in [7, 11) is 0. The molecule has 0 aliphatic carbocycles. The Bertz CT molecular complexity index is 141. The van der Waals surface area contributed by atoms with Gasteiger partial charge in [0, 0.05) is 32.7 Å². The number of hydrogen-bond donors (Lipinski definition) is 2. The maximum Gasteiger partial charge on any atom is 0.0107 e. The molecule has 0 spiro atoms. The van der Waals surface area contributed by atoms with Crippen LogP contribution in [0.2, 0.25) is 0 Å². The fourth-order valence-corrected chi connectivity index (χ4v) is 2.17. The highest BCUT2D eigenvalue weighted by Gasteiger charge is 2.15. The molecular weight excluding hydrogens is 174 g/mol. The van der Waals surface area contributed by atoms with E-state index in [1.165, 1.54) is 26.1 Å². The Balaban J connectivity index is 2.23. The Morgan fingerprint density at radius 2 is 1.93 bits per heavy atom. The third-order valence-electron chi connectivity index (χ3n) is 2.86. The van der Waals surface area contributed by atoms with E-state index in [4.69, 9.17) is 5.73 Å². The second-order valence-corrected chi connectivity index (χ2v) is 4.78. The summed E-state index contributed by atoms with van der Waals surface area (Å²) < 4.78 is 0. The highest BCUT2D eigenvalue weighted by Crippen LogP contribution is 2.12. The summed E-state index contributed by atoms with van der Waals surface area (Å²) in [4.78, 5) is 2.54. The van der Waals surface area contributed by atoms with Crippen molar-refractivity contribution in [3.05, 3.63) is 0 Å². The van der Waals surface area contributed by atoms with Crippen LogP contribution in [0.15, 0.2) is 0 Å². The zero-order valence-corrected chi connectivity index (χ0v) is 9.63. The minimum absolute atomic E-state index is 0.688. The summed E-state index contributed by atoms with van der Waals surface area (Å²) in [5.74, 6) is 1.46. The van der Waals surface area contributed by atoms with Crippen LogP contribution in [0.5, 0.6) is 0 Å². The normalized spacial score (nSPS) is 21.4. The van der Waals surface area contributed by atoms with Gasteiger partial charge in [0.1, 0.15) is 0 Å². The summed E-state index contributed by atoms with van der Waals surface area (Å²) in [5.41, 5.74) is 5.80. The van der Waals surface area contributed by atoms with Crippen molar-refractivity contribution in [3.63, 3.8) is 0 Å². The molecule has 1 aliphatic heterocycles. The van der Waals surface area contributed by atoms with Gasteiger partial charge in [-0.15, -0.1) is 0 Å². The fourth-order valence-electron chi connectivity index (χ4n) is 2.17. The van der Waals surface area contributed by atoms with Gasteiger partial charge < -0.3 is 16.0 Å². The monoisotopic (exact) mass is 199 g/mol. The van der Waals surface area contributed by atoms with Crippen molar-refractivity contribution >= 4 is 0 Å². The fraction of sp³-hybridized carbons (Fsp3) is 1.00.